The minimum Gasteiger partial charge on any atom is -0.314 e. The van der Waals surface area contributed by atoms with E-state index >= 15 is 0 Å². The second kappa shape index (κ2) is 3.21. The normalized spacial score (nSPS) is 36.7. The molecule has 0 aliphatic carbocycles. The van der Waals surface area contributed by atoms with Crippen LogP contribution in [-0.2, 0) is 0 Å². The van der Waals surface area contributed by atoms with Crippen molar-refractivity contribution in [2.45, 2.75) is 39.2 Å². The molecule has 1 saturated heterocycles. The SMILES string of the molecule is CC[C@H]1CC[C@H](C)CN1. The van der Waals surface area contributed by atoms with E-state index < -0.39 is 0 Å². The fourth-order valence-electron chi connectivity index (χ4n) is 1.41. The standard InChI is InChI=1S/C8H17N/c1-3-8-5-4-7(2)6-9-8/h7-9H,3-6H2,1-2H3/t7-,8-/m0/s1. The van der Waals surface area contributed by atoms with Gasteiger partial charge in [-0.05, 0) is 31.7 Å². The molecular weight excluding hydrogens is 110 g/mol. The van der Waals surface area contributed by atoms with Crippen LogP contribution < -0.4 is 5.32 Å². The van der Waals surface area contributed by atoms with Gasteiger partial charge in [0.05, 0.1) is 0 Å². The van der Waals surface area contributed by atoms with E-state index in [1.54, 1.807) is 0 Å². The molecule has 0 aromatic carbocycles. The molecule has 0 radical (unpaired) electrons. The van der Waals surface area contributed by atoms with Gasteiger partial charge in [0.15, 0.2) is 0 Å². The smallest absolute Gasteiger partial charge is 0.00646 e. The lowest BCUT2D eigenvalue weighted by molar-refractivity contribution is 0.322. The fraction of sp³-hybridized carbons (Fsp3) is 1.00. The molecule has 9 heavy (non-hydrogen) atoms. The van der Waals surface area contributed by atoms with Crippen molar-refractivity contribution in [2.75, 3.05) is 6.54 Å². The maximum Gasteiger partial charge on any atom is 0.00646 e. The van der Waals surface area contributed by atoms with Crippen LogP contribution in [0.1, 0.15) is 33.1 Å². The topological polar surface area (TPSA) is 12.0 Å². The largest absolute Gasteiger partial charge is 0.314 e. The van der Waals surface area contributed by atoms with Gasteiger partial charge < -0.3 is 5.32 Å². The predicted octanol–water partition coefficient (Wildman–Crippen LogP) is 1.78. The van der Waals surface area contributed by atoms with Crippen LogP contribution in [-0.4, -0.2) is 12.6 Å². The van der Waals surface area contributed by atoms with Gasteiger partial charge in [-0.2, -0.15) is 0 Å². The van der Waals surface area contributed by atoms with E-state index in [2.05, 4.69) is 19.2 Å². The molecule has 1 heteroatoms. The average Bonchev–Trinajstić information content (AvgIpc) is 1.90. The Kier molecular flexibility index (Phi) is 2.52. The molecule has 0 aromatic rings. The summed E-state index contributed by atoms with van der Waals surface area (Å²) in [7, 11) is 0. The minimum absolute atomic E-state index is 0.821. The molecule has 0 saturated carbocycles. The van der Waals surface area contributed by atoms with E-state index in [-0.39, 0.29) is 0 Å². The summed E-state index contributed by atoms with van der Waals surface area (Å²) < 4.78 is 0. The lowest BCUT2D eigenvalue weighted by Gasteiger charge is -2.26. The van der Waals surface area contributed by atoms with Crippen LogP contribution in [0, 0.1) is 5.92 Å². The average molecular weight is 127 g/mol. The highest BCUT2D eigenvalue weighted by Crippen LogP contribution is 2.14. The second-order valence-corrected chi connectivity index (χ2v) is 3.20. The van der Waals surface area contributed by atoms with Crippen LogP contribution in [0.5, 0.6) is 0 Å². The summed E-state index contributed by atoms with van der Waals surface area (Å²) in [6.45, 7) is 5.81. The lowest BCUT2D eigenvalue weighted by Crippen LogP contribution is -2.37. The molecule has 1 aliphatic heterocycles. The third-order valence-electron chi connectivity index (χ3n) is 2.26. The molecule has 2 atom stereocenters. The van der Waals surface area contributed by atoms with Crippen molar-refractivity contribution in [3.05, 3.63) is 0 Å². The van der Waals surface area contributed by atoms with Crippen LogP contribution in [0.15, 0.2) is 0 Å². The molecular formula is C8H17N. The summed E-state index contributed by atoms with van der Waals surface area (Å²) in [6, 6.07) is 0.821. The number of piperidine rings is 1. The summed E-state index contributed by atoms with van der Waals surface area (Å²) >= 11 is 0. The van der Waals surface area contributed by atoms with Gasteiger partial charge in [0.2, 0.25) is 0 Å². The molecule has 1 N–H and O–H groups in total. The van der Waals surface area contributed by atoms with Gasteiger partial charge in [0.25, 0.3) is 0 Å². The van der Waals surface area contributed by atoms with Gasteiger partial charge in [0, 0.05) is 6.04 Å². The molecule has 0 aromatic heterocycles. The van der Waals surface area contributed by atoms with Crippen molar-refractivity contribution in [2.24, 2.45) is 5.92 Å². The monoisotopic (exact) mass is 127 g/mol. The van der Waals surface area contributed by atoms with Crippen LogP contribution in [0.3, 0.4) is 0 Å². The minimum atomic E-state index is 0.821. The van der Waals surface area contributed by atoms with Crippen LogP contribution in [0.2, 0.25) is 0 Å². The molecule has 0 bridgehead atoms. The summed E-state index contributed by atoms with van der Waals surface area (Å²) in [4.78, 5) is 0. The zero-order valence-corrected chi connectivity index (χ0v) is 6.48. The summed E-state index contributed by atoms with van der Waals surface area (Å²) in [5, 5.41) is 3.52. The molecule has 0 spiro atoms. The van der Waals surface area contributed by atoms with Crippen molar-refractivity contribution in [3.63, 3.8) is 0 Å². The van der Waals surface area contributed by atoms with Crippen LogP contribution in [0.4, 0.5) is 0 Å². The van der Waals surface area contributed by atoms with E-state index in [9.17, 15) is 0 Å². The molecule has 1 rings (SSSR count). The Morgan fingerprint density at radius 1 is 1.44 bits per heavy atom. The third kappa shape index (κ3) is 1.98. The van der Waals surface area contributed by atoms with Crippen LogP contribution >= 0.6 is 0 Å². The van der Waals surface area contributed by atoms with E-state index in [0.29, 0.717) is 0 Å². The Hall–Kier alpha value is -0.0400. The number of hydrogen-bond donors (Lipinski definition) is 1. The molecule has 54 valence electrons. The molecule has 1 fully saturated rings. The zero-order valence-electron chi connectivity index (χ0n) is 6.48. The maximum atomic E-state index is 3.52. The predicted molar refractivity (Wildman–Crippen MR) is 40.5 cm³/mol. The Labute approximate surface area is 57.8 Å². The fourth-order valence-corrected chi connectivity index (χ4v) is 1.41. The quantitative estimate of drug-likeness (QED) is 0.566. The Morgan fingerprint density at radius 2 is 2.22 bits per heavy atom. The van der Waals surface area contributed by atoms with Gasteiger partial charge >= 0.3 is 0 Å². The van der Waals surface area contributed by atoms with Gasteiger partial charge in [0.1, 0.15) is 0 Å². The zero-order chi connectivity index (χ0) is 6.69. The van der Waals surface area contributed by atoms with Crippen LogP contribution in [0.25, 0.3) is 0 Å². The third-order valence-corrected chi connectivity index (χ3v) is 2.26. The lowest BCUT2D eigenvalue weighted by atomic mass is 9.95. The highest BCUT2D eigenvalue weighted by Gasteiger charge is 2.14. The first-order chi connectivity index (χ1) is 4.33. The van der Waals surface area contributed by atoms with E-state index in [1.165, 1.54) is 25.8 Å². The van der Waals surface area contributed by atoms with Crippen molar-refractivity contribution in [1.82, 2.24) is 5.32 Å². The number of hydrogen-bond acceptors (Lipinski definition) is 1. The summed E-state index contributed by atoms with van der Waals surface area (Å²) in [5.74, 6) is 0.910. The molecule has 1 aliphatic rings. The van der Waals surface area contributed by atoms with Gasteiger partial charge in [-0.15, -0.1) is 0 Å². The van der Waals surface area contributed by atoms with Crippen molar-refractivity contribution in [1.29, 1.82) is 0 Å². The number of rotatable bonds is 1. The van der Waals surface area contributed by atoms with Crippen molar-refractivity contribution >= 4 is 0 Å². The van der Waals surface area contributed by atoms with Gasteiger partial charge in [-0.25, -0.2) is 0 Å². The van der Waals surface area contributed by atoms with E-state index in [1.807, 2.05) is 0 Å². The first-order valence-corrected chi connectivity index (χ1v) is 4.06. The molecule has 1 heterocycles. The Bertz CT molecular complexity index is 72.6. The molecule has 1 nitrogen and oxygen atoms in total. The van der Waals surface area contributed by atoms with Crippen molar-refractivity contribution < 1.29 is 0 Å². The first-order valence-electron chi connectivity index (χ1n) is 4.06. The van der Waals surface area contributed by atoms with Gasteiger partial charge in [-0.1, -0.05) is 13.8 Å². The molecule has 0 unspecified atom stereocenters. The maximum absolute atomic E-state index is 3.52. The van der Waals surface area contributed by atoms with E-state index in [0.717, 1.165) is 12.0 Å². The second-order valence-electron chi connectivity index (χ2n) is 3.20. The Morgan fingerprint density at radius 3 is 2.67 bits per heavy atom. The Balaban J connectivity index is 2.18. The highest BCUT2D eigenvalue weighted by molar-refractivity contribution is 4.73. The number of nitrogens with one attached hydrogen (secondary N) is 1. The van der Waals surface area contributed by atoms with Gasteiger partial charge in [-0.3, -0.25) is 0 Å². The summed E-state index contributed by atoms with van der Waals surface area (Å²) in [6.07, 6.45) is 4.11. The van der Waals surface area contributed by atoms with Crippen molar-refractivity contribution in [3.8, 4) is 0 Å². The summed E-state index contributed by atoms with van der Waals surface area (Å²) in [5.41, 5.74) is 0. The highest BCUT2D eigenvalue weighted by atomic mass is 14.9. The first kappa shape index (κ1) is 7.07. The van der Waals surface area contributed by atoms with E-state index in [4.69, 9.17) is 0 Å². The molecule has 0 amide bonds.